The molecule has 2 fully saturated rings. The van der Waals surface area contributed by atoms with Gasteiger partial charge in [0.05, 0.1) is 24.5 Å². The van der Waals surface area contributed by atoms with E-state index in [0.717, 1.165) is 81.1 Å². The molecule has 0 saturated carbocycles. The predicted molar refractivity (Wildman–Crippen MR) is 260 cm³/mol. The fraction of sp³-hybridized carbons (Fsp3) is 0.280. The predicted octanol–water partition coefficient (Wildman–Crippen LogP) is 11.1. The highest BCUT2D eigenvalue weighted by molar-refractivity contribution is 7.14. The molecule has 8 aromatic rings. The van der Waals surface area contributed by atoms with E-state index in [9.17, 15) is 14.7 Å². The first kappa shape index (κ1) is 43.2. The second-order valence-corrected chi connectivity index (χ2v) is 18.0. The van der Waals surface area contributed by atoms with Gasteiger partial charge in [0, 0.05) is 60.7 Å². The molecule has 0 aliphatic carbocycles. The Kier molecular flexibility index (Phi) is 13.8. The number of carboxylic acids is 1. The number of nitrogens with two attached hydrogens (primary N) is 1. The third-order valence-corrected chi connectivity index (χ3v) is 13.2. The molecule has 0 atom stereocenters. The summed E-state index contributed by atoms with van der Waals surface area (Å²) in [4.78, 5) is 38.5. The lowest BCUT2D eigenvalue weighted by molar-refractivity contribution is 0.0685. The number of piperidine rings is 2. The standard InChI is InChI=1S/C25H26N4OS.C15H19N3O2S.C10H9N/c1-18-13-23(24(30)26-21-10-9-19-7-3-4-8-20(19)14-21)29(15-18)16-22-17-31-25(27-22)28-11-5-2-6-12-28;1-11-7-13(14(19)20)18(8-11)9-12-10-21-15(16-12)17-5-3-2-4-6-17;11-10-6-5-8-3-1-2-4-9(8)7-10/h3-4,7-10,13-15,17H,2,5-6,11-12,16H2,1H3,(H,26,30);7-8,10H,2-6,9H2,1H3,(H,19,20);1-7H,11H2. The molecule has 10 rings (SSSR count). The highest BCUT2D eigenvalue weighted by Gasteiger charge is 2.19. The van der Waals surface area contributed by atoms with Gasteiger partial charge in [-0.3, -0.25) is 4.79 Å². The molecule has 11 nitrogen and oxygen atoms in total. The van der Waals surface area contributed by atoms with Crippen LogP contribution in [0.25, 0.3) is 21.5 Å². The van der Waals surface area contributed by atoms with Crippen molar-refractivity contribution in [1.29, 1.82) is 0 Å². The van der Waals surface area contributed by atoms with Gasteiger partial charge in [0.2, 0.25) is 0 Å². The fourth-order valence-corrected chi connectivity index (χ4v) is 9.90. The summed E-state index contributed by atoms with van der Waals surface area (Å²) >= 11 is 3.35. The maximum Gasteiger partial charge on any atom is 0.352 e. The van der Waals surface area contributed by atoms with Crippen LogP contribution < -0.4 is 20.9 Å². The van der Waals surface area contributed by atoms with E-state index >= 15 is 0 Å². The van der Waals surface area contributed by atoms with Gasteiger partial charge in [0.15, 0.2) is 10.3 Å². The lowest BCUT2D eigenvalue weighted by Crippen LogP contribution is -2.29. The van der Waals surface area contributed by atoms with Gasteiger partial charge in [-0.1, -0.05) is 60.7 Å². The second-order valence-electron chi connectivity index (χ2n) is 16.3. The van der Waals surface area contributed by atoms with Crippen molar-refractivity contribution < 1.29 is 14.7 Å². The summed E-state index contributed by atoms with van der Waals surface area (Å²) in [6.07, 6.45) is 11.4. The van der Waals surface area contributed by atoms with E-state index in [2.05, 4.69) is 49.7 Å². The summed E-state index contributed by atoms with van der Waals surface area (Å²) < 4.78 is 3.76. The molecule has 2 aliphatic rings. The zero-order valence-electron chi connectivity index (χ0n) is 35.9. The Morgan fingerprint density at radius 3 is 1.63 bits per heavy atom. The van der Waals surface area contributed by atoms with Crippen molar-refractivity contribution in [3.05, 3.63) is 154 Å². The fourth-order valence-electron chi connectivity index (χ4n) is 8.16. The summed E-state index contributed by atoms with van der Waals surface area (Å²) in [6.45, 7) is 9.38. The van der Waals surface area contributed by atoms with Gasteiger partial charge in [-0.2, -0.15) is 0 Å². The van der Waals surface area contributed by atoms with E-state index in [4.69, 9.17) is 10.7 Å². The topological polar surface area (TPSA) is 135 Å². The number of nitrogens with zero attached hydrogens (tertiary/aromatic N) is 6. The van der Waals surface area contributed by atoms with E-state index in [1.165, 1.54) is 49.3 Å². The summed E-state index contributed by atoms with van der Waals surface area (Å²) in [5.41, 5.74) is 12.2. The number of thiazole rings is 2. The van der Waals surface area contributed by atoms with Crippen molar-refractivity contribution in [2.75, 3.05) is 47.0 Å². The monoisotopic (exact) mass is 878 g/mol. The molecule has 0 radical (unpaired) electrons. The Morgan fingerprint density at radius 1 is 0.619 bits per heavy atom. The number of hydrogen-bond donors (Lipinski definition) is 3. The van der Waals surface area contributed by atoms with E-state index in [0.29, 0.717) is 24.5 Å². The Morgan fingerprint density at radius 2 is 1.10 bits per heavy atom. The van der Waals surface area contributed by atoms with Gasteiger partial charge < -0.3 is 35.1 Å². The molecule has 2 aliphatic heterocycles. The number of hydrogen-bond acceptors (Lipinski definition) is 9. The van der Waals surface area contributed by atoms with Crippen LogP contribution in [0.3, 0.4) is 0 Å². The lowest BCUT2D eigenvalue weighted by Gasteiger charge is -2.25. The van der Waals surface area contributed by atoms with Crippen LogP contribution in [0.1, 0.15) is 82.0 Å². The van der Waals surface area contributed by atoms with Crippen LogP contribution in [0.5, 0.6) is 0 Å². The quantitative estimate of drug-likeness (QED) is 0.122. The smallest absolute Gasteiger partial charge is 0.352 e. The largest absolute Gasteiger partial charge is 0.477 e. The van der Waals surface area contributed by atoms with E-state index in [1.54, 1.807) is 33.3 Å². The van der Waals surface area contributed by atoms with Crippen molar-refractivity contribution in [1.82, 2.24) is 19.1 Å². The molecule has 2 saturated heterocycles. The normalized spacial score (nSPS) is 13.9. The van der Waals surface area contributed by atoms with Crippen molar-refractivity contribution in [2.45, 2.75) is 65.5 Å². The van der Waals surface area contributed by atoms with Crippen molar-refractivity contribution in [2.24, 2.45) is 0 Å². The number of aromatic nitrogens is 4. The molecule has 13 heteroatoms. The van der Waals surface area contributed by atoms with Gasteiger partial charge in [0.25, 0.3) is 5.91 Å². The molecule has 0 unspecified atom stereocenters. The first-order valence-corrected chi connectivity index (χ1v) is 23.4. The average Bonchev–Trinajstić information content (AvgIpc) is 4.13. The minimum atomic E-state index is -0.894. The van der Waals surface area contributed by atoms with Gasteiger partial charge in [-0.15, -0.1) is 22.7 Å². The molecular formula is C50H54N8O3S2. The van der Waals surface area contributed by atoms with Crippen LogP contribution in [-0.2, 0) is 13.1 Å². The Bertz CT molecular complexity index is 2810. The number of aromatic carboxylic acids is 1. The minimum Gasteiger partial charge on any atom is -0.477 e. The van der Waals surface area contributed by atoms with E-state index in [-0.39, 0.29) is 5.91 Å². The van der Waals surface area contributed by atoms with Crippen molar-refractivity contribution in [3.63, 3.8) is 0 Å². The molecule has 1 amide bonds. The highest BCUT2D eigenvalue weighted by atomic mass is 32.1. The van der Waals surface area contributed by atoms with Gasteiger partial charge in [-0.25, -0.2) is 14.8 Å². The first-order valence-electron chi connectivity index (χ1n) is 21.7. The van der Waals surface area contributed by atoms with Gasteiger partial charge in [-0.05, 0) is 121 Å². The number of nitrogen functional groups attached to an aromatic ring is 1. The molecule has 0 bridgehead atoms. The van der Waals surface area contributed by atoms with Crippen LogP contribution in [-0.4, -0.2) is 62.3 Å². The molecule has 4 aromatic heterocycles. The van der Waals surface area contributed by atoms with Crippen LogP contribution in [0.15, 0.2) is 120 Å². The Labute approximate surface area is 376 Å². The minimum absolute atomic E-state index is 0.102. The highest BCUT2D eigenvalue weighted by Crippen LogP contribution is 2.27. The number of carbonyl (C=O) groups is 2. The van der Waals surface area contributed by atoms with Crippen LogP contribution in [0, 0.1) is 13.8 Å². The summed E-state index contributed by atoms with van der Waals surface area (Å²) in [5, 5.41) is 23.3. The van der Waals surface area contributed by atoms with Crippen molar-refractivity contribution >= 4 is 77.7 Å². The van der Waals surface area contributed by atoms with E-state index in [1.807, 2.05) is 103 Å². The Hall–Kier alpha value is -6.44. The molecule has 4 N–H and O–H groups in total. The number of carboxylic acid groups (broad SMARTS) is 1. The number of aryl methyl sites for hydroxylation is 2. The van der Waals surface area contributed by atoms with Gasteiger partial charge in [0.1, 0.15) is 11.4 Å². The first-order chi connectivity index (χ1) is 30.6. The maximum absolute atomic E-state index is 13.1. The molecule has 324 valence electrons. The van der Waals surface area contributed by atoms with Gasteiger partial charge >= 0.3 is 5.97 Å². The average molecular weight is 879 g/mol. The molecule has 4 aromatic carbocycles. The van der Waals surface area contributed by atoms with E-state index < -0.39 is 5.97 Å². The molecule has 63 heavy (non-hydrogen) atoms. The SMILES string of the molecule is Cc1cc(C(=O)Nc2ccc3ccccc3c2)n(Cc2csc(N3CCCCC3)n2)c1.Cc1cc(C(=O)O)n(Cc2csc(N3CCCCC3)n2)c1.Nc1ccc2ccccc2c1. The van der Waals surface area contributed by atoms with Crippen LogP contribution in [0.4, 0.5) is 21.6 Å². The van der Waals surface area contributed by atoms with Crippen LogP contribution in [0.2, 0.25) is 0 Å². The number of anilines is 4. The Balaban J connectivity index is 0.000000146. The maximum atomic E-state index is 13.1. The third-order valence-electron chi connectivity index (χ3n) is 11.3. The number of amides is 1. The number of benzene rings is 4. The second kappa shape index (κ2) is 20.2. The summed E-state index contributed by atoms with van der Waals surface area (Å²) in [7, 11) is 0. The van der Waals surface area contributed by atoms with Crippen LogP contribution >= 0.6 is 22.7 Å². The number of fused-ring (bicyclic) bond motifs is 2. The summed E-state index contributed by atoms with van der Waals surface area (Å²) in [6, 6.07) is 31.9. The van der Waals surface area contributed by atoms with Crippen molar-refractivity contribution in [3.8, 4) is 0 Å². The molecular weight excluding hydrogens is 825 g/mol. The molecule has 6 heterocycles. The number of nitrogens with one attached hydrogen (secondary N) is 1. The zero-order valence-corrected chi connectivity index (χ0v) is 37.5. The zero-order chi connectivity index (χ0) is 43.7. The number of carbonyl (C=O) groups excluding carboxylic acids is 1. The number of rotatable bonds is 9. The third kappa shape index (κ3) is 11.1. The summed E-state index contributed by atoms with van der Waals surface area (Å²) in [5.74, 6) is -0.996. The molecule has 0 spiro atoms. The lowest BCUT2D eigenvalue weighted by atomic mass is 10.1.